The lowest BCUT2D eigenvalue weighted by atomic mass is 10.1. The van der Waals surface area contributed by atoms with Gasteiger partial charge in [0, 0.05) is 13.0 Å². The van der Waals surface area contributed by atoms with Crippen LogP contribution < -0.4 is 0 Å². The Labute approximate surface area is 137 Å². The predicted octanol–water partition coefficient (Wildman–Crippen LogP) is 4.95. The highest BCUT2D eigenvalue weighted by molar-refractivity contribution is 8.01. The molecule has 0 spiro atoms. The topological polar surface area (TPSA) is 20.3 Å². The molecule has 2 nitrogen and oxygen atoms in total. The van der Waals surface area contributed by atoms with Crippen LogP contribution in [-0.2, 0) is 0 Å². The largest absolute Gasteiger partial charge is 0.303 e. The fourth-order valence-corrected chi connectivity index (χ4v) is 4.92. The van der Waals surface area contributed by atoms with Crippen LogP contribution in [0.2, 0.25) is 0 Å². The van der Waals surface area contributed by atoms with E-state index in [0.29, 0.717) is 12.2 Å². The molecule has 1 aliphatic heterocycles. The average molecular weight is 326 g/mol. The van der Waals surface area contributed by atoms with Crippen LogP contribution in [0.25, 0.3) is 0 Å². The molecule has 0 bridgehead atoms. The molecular formula is C17H27NOS2. The van der Waals surface area contributed by atoms with Gasteiger partial charge in [-0.3, -0.25) is 4.79 Å². The van der Waals surface area contributed by atoms with Gasteiger partial charge in [0.15, 0.2) is 5.78 Å². The van der Waals surface area contributed by atoms with E-state index >= 15 is 0 Å². The number of hydrogen-bond acceptors (Lipinski definition) is 4. The quantitative estimate of drug-likeness (QED) is 0.498. The van der Waals surface area contributed by atoms with Crippen LogP contribution in [-0.4, -0.2) is 36.1 Å². The highest BCUT2D eigenvalue weighted by Gasteiger charge is 2.14. The number of thioether (sulfide) groups is 1. The summed E-state index contributed by atoms with van der Waals surface area (Å²) in [5.74, 6) is 2.23. The number of piperidine rings is 1. The van der Waals surface area contributed by atoms with Gasteiger partial charge in [-0.2, -0.15) is 0 Å². The van der Waals surface area contributed by atoms with Crippen LogP contribution in [0.15, 0.2) is 16.3 Å². The maximum atomic E-state index is 12.3. The fourth-order valence-electron chi connectivity index (χ4n) is 2.51. The Bertz CT molecular complexity index is 436. The molecule has 0 atom stereocenters. The molecule has 118 valence electrons. The second-order valence-electron chi connectivity index (χ2n) is 6.23. The zero-order valence-corrected chi connectivity index (χ0v) is 14.9. The van der Waals surface area contributed by atoms with Gasteiger partial charge in [0.25, 0.3) is 0 Å². The molecule has 21 heavy (non-hydrogen) atoms. The third kappa shape index (κ3) is 6.13. The SMILES string of the molecule is CC(C)CCSc1ccc(C(=O)CCN2CCCCC2)s1. The summed E-state index contributed by atoms with van der Waals surface area (Å²) in [5.41, 5.74) is 0. The van der Waals surface area contributed by atoms with E-state index in [1.165, 1.54) is 43.0 Å². The van der Waals surface area contributed by atoms with Crippen LogP contribution in [0.5, 0.6) is 0 Å². The third-order valence-electron chi connectivity index (χ3n) is 3.90. The molecule has 4 heteroatoms. The molecule has 0 saturated carbocycles. The molecule has 0 aliphatic carbocycles. The number of nitrogens with zero attached hydrogens (tertiary/aromatic N) is 1. The first kappa shape index (κ1) is 17.0. The molecule has 0 radical (unpaired) electrons. The van der Waals surface area contributed by atoms with E-state index in [4.69, 9.17) is 0 Å². The van der Waals surface area contributed by atoms with Crippen molar-refractivity contribution >= 4 is 28.9 Å². The molecule has 0 aromatic carbocycles. The molecule has 1 aromatic heterocycles. The minimum Gasteiger partial charge on any atom is -0.303 e. The fraction of sp³-hybridized carbons (Fsp3) is 0.706. The van der Waals surface area contributed by atoms with Crippen LogP contribution >= 0.6 is 23.1 Å². The van der Waals surface area contributed by atoms with Crippen LogP contribution in [0.3, 0.4) is 0 Å². The van der Waals surface area contributed by atoms with Crippen molar-refractivity contribution in [1.29, 1.82) is 0 Å². The lowest BCUT2D eigenvalue weighted by Gasteiger charge is -2.25. The number of carbonyl (C=O) groups is 1. The highest BCUT2D eigenvalue weighted by Crippen LogP contribution is 2.29. The number of ketones is 1. The van der Waals surface area contributed by atoms with Gasteiger partial charge in [-0.05, 0) is 56.2 Å². The van der Waals surface area contributed by atoms with E-state index in [2.05, 4.69) is 24.8 Å². The van der Waals surface area contributed by atoms with Gasteiger partial charge in [0.1, 0.15) is 0 Å². The Balaban J connectivity index is 1.73. The van der Waals surface area contributed by atoms with Gasteiger partial charge in [-0.15, -0.1) is 23.1 Å². The maximum absolute atomic E-state index is 12.3. The lowest BCUT2D eigenvalue weighted by molar-refractivity contribution is 0.0962. The van der Waals surface area contributed by atoms with E-state index in [1.54, 1.807) is 11.3 Å². The molecule has 2 heterocycles. The summed E-state index contributed by atoms with van der Waals surface area (Å²) in [7, 11) is 0. The Morgan fingerprint density at radius 2 is 2.05 bits per heavy atom. The molecule has 1 fully saturated rings. The molecular weight excluding hydrogens is 298 g/mol. The second kappa shape index (κ2) is 8.96. The zero-order chi connectivity index (χ0) is 15.1. The van der Waals surface area contributed by atoms with Crippen LogP contribution in [0.1, 0.15) is 55.6 Å². The summed E-state index contributed by atoms with van der Waals surface area (Å²) in [4.78, 5) is 15.6. The maximum Gasteiger partial charge on any atom is 0.174 e. The minimum atomic E-state index is 0.321. The lowest BCUT2D eigenvalue weighted by Crippen LogP contribution is -2.31. The summed E-state index contributed by atoms with van der Waals surface area (Å²) in [6.07, 6.45) is 5.86. The first-order valence-electron chi connectivity index (χ1n) is 8.13. The molecule has 0 N–H and O–H groups in total. The summed E-state index contributed by atoms with van der Waals surface area (Å²) in [6, 6.07) is 4.13. The van der Waals surface area contributed by atoms with E-state index in [-0.39, 0.29) is 0 Å². The van der Waals surface area contributed by atoms with E-state index in [1.807, 2.05) is 17.8 Å². The predicted molar refractivity (Wildman–Crippen MR) is 93.7 cm³/mol. The van der Waals surface area contributed by atoms with Gasteiger partial charge in [0.05, 0.1) is 9.09 Å². The van der Waals surface area contributed by atoms with Crippen molar-refractivity contribution in [1.82, 2.24) is 4.90 Å². The number of Topliss-reactive ketones (excluding diaryl/α,β-unsaturated/α-hetero) is 1. The van der Waals surface area contributed by atoms with Gasteiger partial charge in [-0.25, -0.2) is 0 Å². The average Bonchev–Trinajstić information content (AvgIpc) is 2.94. The molecule has 0 unspecified atom stereocenters. The summed E-state index contributed by atoms with van der Waals surface area (Å²) in [6.45, 7) is 7.80. The van der Waals surface area contributed by atoms with Crippen molar-refractivity contribution in [3.8, 4) is 0 Å². The first-order valence-corrected chi connectivity index (χ1v) is 9.93. The van der Waals surface area contributed by atoms with Crippen molar-refractivity contribution in [3.05, 3.63) is 17.0 Å². The van der Waals surface area contributed by atoms with E-state index in [9.17, 15) is 4.79 Å². The highest BCUT2D eigenvalue weighted by atomic mass is 32.2. The molecule has 1 saturated heterocycles. The number of hydrogen-bond donors (Lipinski definition) is 0. The number of likely N-dealkylation sites (tertiary alicyclic amines) is 1. The van der Waals surface area contributed by atoms with Gasteiger partial charge < -0.3 is 4.90 Å². The molecule has 2 rings (SSSR count). The van der Waals surface area contributed by atoms with E-state index < -0.39 is 0 Å². The number of thiophene rings is 1. The van der Waals surface area contributed by atoms with Crippen molar-refractivity contribution in [2.45, 2.75) is 50.2 Å². The number of carbonyl (C=O) groups excluding carboxylic acids is 1. The van der Waals surface area contributed by atoms with Crippen molar-refractivity contribution in [3.63, 3.8) is 0 Å². The molecule has 1 aromatic rings. The van der Waals surface area contributed by atoms with Crippen LogP contribution in [0, 0.1) is 5.92 Å². The Morgan fingerprint density at radius 1 is 1.29 bits per heavy atom. The van der Waals surface area contributed by atoms with Gasteiger partial charge in [-0.1, -0.05) is 20.3 Å². The van der Waals surface area contributed by atoms with Crippen molar-refractivity contribution in [2.24, 2.45) is 5.92 Å². The first-order chi connectivity index (χ1) is 10.1. The molecule has 1 aliphatic rings. The van der Waals surface area contributed by atoms with Crippen LogP contribution in [0.4, 0.5) is 0 Å². The summed E-state index contributed by atoms with van der Waals surface area (Å²) >= 11 is 3.56. The molecule has 0 amide bonds. The van der Waals surface area contributed by atoms with Crippen molar-refractivity contribution in [2.75, 3.05) is 25.4 Å². The van der Waals surface area contributed by atoms with Crippen molar-refractivity contribution < 1.29 is 4.79 Å². The minimum absolute atomic E-state index is 0.321. The second-order valence-corrected chi connectivity index (χ2v) is 8.70. The normalized spacial score (nSPS) is 16.5. The number of rotatable bonds is 8. The van der Waals surface area contributed by atoms with E-state index in [0.717, 1.165) is 23.1 Å². The van der Waals surface area contributed by atoms with Gasteiger partial charge >= 0.3 is 0 Å². The summed E-state index contributed by atoms with van der Waals surface area (Å²) < 4.78 is 1.29. The Morgan fingerprint density at radius 3 is 2.76 bits per heavy atom. The monoisotopic (exact) mass is 325 g/mol. The summed E-state index contributed by atoms with van der Waals surface area (Å²) in [5, 5.41) is 0. The Hall–Kier alpha value is -0.320. The zero-order valence-electron chi connectivity index (χ0n) is 13.3. The van der Waals surface area contributed by atoms with Gasteiger partial charge in [0.2, 0.25) is 0 Å². The Kier molecular flexibility index (Phi) is 7.27. The standard InChI is InChI=1S/C17H27NOS2/c1-14(2)9-13-20-17-7-6-16(21-17)15(19)8-12-18-10-4-3-5-11-18/h6-7,14H,3-5,8-13H2,1-2H3. The smallest absolute Gasteiger partial charge is 0.174 e. The third-order valence-corrected chi connectivity index (χ3v) is 6.28.